The maximum atomic E-state index is 2.54. The molecule has 0 nitrogen and oxygen atoms in total. The number of thiophene rings is 2. The molecule has 0 aliphatic carbocycles. The number of fused-ring (bicyclic) bond motifs is 11. The first-order chi connectivity index (χ1) is 18.7. The SMILES string of the molecule is c1cc2cc3cc4cc5c(cc4cc3cc2s1)[te]c1c2cc3cc4cc6ccsc6cc4cc3cc2[te]c51. The van der Waals surface area contributed by atoms with Gasteiger partial charge in [0.25, 0.3) is 0 Å². The molecule has 0 saturated heterocycles. The van der Waals surface area contributed by atoms with E-state index < -0.39 is 0 Å². The molecule has 4 aromatic heterocycles. The fourth-order valence-corrected chi connectivity index (χ4v) is 17.3. The molecule has 0 aliphatic heterocycles. The summed E-state index contributed by atoms with van der Waals surface area (Å²) in [5, 5.41) is 21.3. The fraction of sp³-hybridized carbons (Fsp3) is 0. The van der Waals surface area contributed by atoms with E-state index in [2.05, 4.69) is 95.7 Å². The van der Waals surface area contributed by atoms with Crippen LogP contribution in [0.1, 0.15) is 0 Å². The molecule has 0 unspecified atom stereocenters. The monoisotopic (exact) mass is 748 g/mol. The third kappa shape index (κ3) is 2.97. The second-order valence-corrected chi connectivity index (χ2v) is 18.2. The van der Waals surface area contributed by atoms with E-state index in [1.807, 2.05) is 22.7 Å². The number of rotatable bonds is 0. The van der Waals surface area contributed by atoms with Crippen LogP contribution < -0.4 is 0 Å². The Bertz CT molecular complexity index is 2440. The Labute approximate surface area is 244 Å². The third-order valence-corrected chi connectivity index (χ3v) is 17.8. The molecule has 6 aromatic carbocycles. The summed E-state index contributed by atoms with van der Waals surface area (Å²) in [6.07, 6.45) is 0. The van der Waals surface area contributed by atoms with Crippen molar-refractivity contribution in [1.29, 1.82) is 0 Å². The quantitative estimate of drug-likeness (QED) is 0.107. The van der Waals surface area contributed by atoms with Crippen molar-refractivity contribution in [1.82, 2.24) is 0 Å². The summed E-state index contributed by atoms with van der Waals surface area (Å²) in [7, 11) is 0. The summed E-state index contributed by atoms with van der Waals surface area (Å²) in [6.45, 7) is 0. The molecule has 0 atom stereocenters. The van der Waals surface area contributed by atoms with Crippen LogP contribution in [0.4, 0.5) is 0 Å². The van der Waals surface area contributed by atoms with Crippen molar-refractivity contribution < 1.29 is 0 Å². The van der Waals surface area contributed by atoms with Crippen LogP contribution in [0, 0.1) is 0 Å². The van der Waals surface area contributed by atoms with Crippen LogP contribution in [0.15, 0.2) is 95.7 Å². The van der Waals surface area contributed by atoms with Crippen LogP contribution in [0.3, 0.4) is 0 Å². The molecular weight excluding hydrogens is 728 g/mol. The van der Waals surface area contributed by atoms with Crippen molar-refractivity contribution in [3.63, 3.8) is 0 Å². The third-order valence-electron chi connectivity index (χ3n) is 8.05. The fourth-order valence-electron chi connectivity index (χ4n) is 6.17. The summed E-state index contributed by atoms with van der Waals surface area (Å²) in [4.78, 5) is 0. The Morgan fingerprint density at radius 2 is 0.737 bits per heavy atom. The molecule has 4 heteroatoms. The van der Waals surface area contributed by atoms with Gasteiger partial charge in [0.1, 0.15) is 0 Å². The van der Waals surface area contributed by atoms with Crippen molar-refractivity contribution >= 4 is 151 Å². The van der Waals surface area contributed by atoms with E-state index in [0.29, 0.717) is 0 Å². The first kappa shape index (κ1) is 21.4. The van der Waals surface area contributed by atoms with Crippen LogP contribution in [0.2, 0.25) is 0 Å². The summed E-state index contributed by atoms with van der Waals surface area (Å²) >= 11 is 2.94. The van der Waals surface area contributed by atoms with E-state index in [4.69, 9.17) is 0 Å². The Morgan fingerprint density at radius 3 is 1.21 bits per heavy atom. The van der Waals surface area contributed by atoms with Crippen molar-refractivity contribution in [2.24, 2.45) is 0 Å². The van der Waals surface area contributed by atoms with Crippen molar-refractivity contribution in [3.05, 3.63) is 95.7 Å². The molecule has 0 fully saturated rings. The van der Waals surface area contributed by atoms with E-state index in [1.165, 1.54) is 63.3 Å². The molecule has 0 N–H and O–H groups in total. The Kier molecular flexibility index (Phi) is 4.30. The average molecular weight is 744 g/mol. The van der Waals surface area contributed by atoms with Gasteiger partial charge in [0.05, 0.1) is 0 Å². The minimum absolute atomic E-state index is 0.366. The van der Waals surface area contributed by atoms with Crippen LogP contribution in [0.5, 0.6) is 0 Å². The summed E-state index contributed by atoms with van der Waals surface area (Å²) < 4.78 is 9.54. The molecule has 0 bridgehead atoms. The van der Waals surface area contributed by atoms with E-state index >= 15 is 0 Å². The van der Waals surface area contributed by atoms with Gasteiger partial charge in [-0.15, -0.1) is 0 Å². The second kappa shape index (κ2) is 7.62. The van der Waals surface area contributed by atoms with Gasteiger partial charge in [-0.05, 0) is 0 Å². The predicted octanol–water partition coefficient (Wildman–Crippen LogP) is 10.3. The Morgan fingerprint density at radius 1 is 0.368 bits per heavy atom. The Balaban J connectivity index is 1.24. The van der Waals surface area contributed by atoms with Gasteiger partial charge >= 0.3 is 247 Å². The second-order valence-electron chi connectivity index (χ2n) is 10.3. The summed E-state index contributed by atoms with van der Waals surface area (Å²) in [6, 6.07) is 33.8. The van der Waals surface area contributed by atoms with Crippen molar-refractivity contribution in [2.45, 2.75) is 0 Å². The van der Waals surface area contributed by atoms with E-state index in [0.717, 1.165) is 0 Å². The van der Waals surface area contributed by atoms with Crippen molar-refractivity contribution in [3.8, 4) is 0 Å². The van der Waals surface area contributed by atoms with Gasteiger partial charge in [-0.25, -0.2) is 0 Å². The number of hydrogen-bond acceptors (Lipinski definition) is 2. The molecule has 0 saturated carbocycles. The molecule has 10 rings (SSSR count). The molecule has 0 radical (unpaired) electrons. The molecule has 4 heterocycles. The van der Waals surface area contributed by atoms with Gasteiger partial charge in [0.15, 0.2) is 0 Å². The summed E-state index contributed by atoms with van der Waals surface area (Å²) in [5.74, 6) is 0. The molecule has 176 valence electrons. The standard InChI is InChI=1S/C34H16S2Te2/c1-3-35-29-13-23-9-25-15-31-27(11-21(25)7-19(23)5-17(1)29)33-34(37-31)28-12-22-8-20-6-18-2-4-36-30(18)14-24(20)10-26(22)16-32(28)38-33/h1-16H. The molecule has 0 amide bonds. The minimum atomic E-state index is -0.366. The van der Waals surface area contributed by atoms with E-state index in [-0.39, 0.29) is 40.9 Å². The van der Waals surface area contributed by atoms with Gasteiger partial charge in [-0.3, -0.25) is 0 Å². The first-order valence-corrected chi connectivity index (χ1v) is 19.0. The predicted molar refractivity (Wildman–Crippen MR) is 174 cm³/mol. The van der Waals surface area contributed by atoms with E-state index in [1.54, 1.807) is 24.4 Å². The zero-order valence-electron chi connectivity index (χ0n) is 19.9. The normalized spacial score (nSPS) is 12.7. The number of hydrogen-bond donors (Lipinski definition) is 0. The van der Waals surface area contributed by atoms with Crippen LogP contribution >= 0.6 is 22.7 Å². The zero-order valence-corrected chi connectivity index (χ0v) is 26.2. The van der Waals surface area contributed by atoms with Gasteiger partial charge < -0.3 is 0 Å². The van der Waals surface area contributed by atoms with Crippen molar-refractivity contribution in [2.75, 3.05) is 0 Å². The van der Waals surface area contributed by atoms with Gasteiger partial charge in [0.2, 0.25) is 0 Å². The topological polar surface area (TPSA) is 0 Å². The van der Waals surface area contributed by atoms with Crippen LogP contribution in [0.25, 0.3) is 87.6 Å². The van der Waals surface area contributed by atoms with Gasteiger partial charge in [0, 0.05) is 0 Å². The molecular formula is C34H16S2Te2. The van der Waals surface area contributed by atoms with Gasteiger partial charge in [-0.2, -0.15) is 0 Å². The first-order valence-electron chi connectivity index (χ1n) is 12.6. The Hall–Kier alpha value is -2.40. The van der Waals surface area contributed by atoms with Crippen LogP contribution in [-0.2, 0) is 0 Å². The molecule has 38 heavy (non-hydrogen) atoms. The molecule has 0 spiro atoms. The van der Waals surface area contributed by atoms with Gasteiger partial charge in [-0.1, -0.05) is 0 Å². The van der Waals surface area contributed by atoms with Crippen LogP contribution in [-0.4, -0.2) is 40.9 Å². The zero-order chi connectivity index (χ0) is 24.5. The summed E-state index contributed by atoms with van der Waals surface area (Å²) in [5.41, 5.74) is 0. The number of benzene rings is 6. The molecule has 10 aromatic rings. The average Bonchev–Trinajstić information content (AvgIpc) is 3.70. The maximum absolute atomic E-state index is 2.54. The molecule has 0 aliphatic rings. The van der Waals surface area contributed by atoms with E-state index in [9.17, 15) is 0 Å².